The quantitative estimate of drug-likeness (QED) is 0.499. The zero-order valence-corrected chi connectivity index (χ0v) is 18.7. The maximum absolute atomic E-state index is 14.2. The third-order valence-corrected chi connectivity index (χ3v) is 5.70. The number of benzene rings is 3. The van der Waals surface area contributed by atoms with E-state index in [0.717, 1.165) is 16.9 Å². The largest absolute Gasteiger partial charge is 0.497 e. The Morgan fingerprint density at radius 1 is 1.06 bits per heavy atom. The third-order valence-electron chi connectivity index (χ3n) is 5.70. The van der Waals surface area contributed by atoms with Crippen molar-refractivity contribution in [2.24, 2.45) is 5.16 Å². The van der Waals surface area contributed by atoms with E-state index in [4.69, 9.17) is 9.57 Å². The average molecular weight is 449 g/mol. The lowest BCUT2D eigenvalue weighted by atomic mass is 10.0. The summed E-state index contributed by atoms with van der Waals surface area (Å²) in [7, 11) is 1.65. The lowest BCUT2D eigenvalue weighted by molar-refractivity contribution is 0.0322. The molecule has 0 unspecified atom stereocenters. The van der Waals surface area contributed by atoms with Crippen LogP contribution in [-0.2, 0) is 17.8 Å². The fourth-order valence-electron chi connectivity index (χ4n) is 4.15. The van der Waals surface area contributed by atoms with Crippen LogP contribution < -0.4 is 4.74 Å². The molecule has 0 fully saturated rings. The summed E-state index contributed by atoms with van der Waals surface area (Å²) in [4.78, 5) is 7.82. The molecule has 0 bridgehead atoms. The number of aliphatic hydroxyl groups is 1. The number of ether oxygens (including phenoxy) is 1. The van der Waals surface area contributed by atoms with Crippen LogP contribution in [0.3, 0.4) is 0 Å². The van der Waals surface area contributed by atoms with Crippen molar-refractivity contribution < 1.29 is 19.1 Å². The molecule has 1 aliphatic heterocycles. The first-order valence-corrected chi connectivity index (χ1v) is 11.2. The number of hydrogen-bond donors (Lipinski definition) is 1. The lowest BCUT2D eigenvalue weighted by Crippen LogP contribution is -2.38. The summed E-state index contributed by atoms with van der Waals surface area (Å²) in [6, 6.07) is 24.5. The second kappa shape index (κ2) is 11.1. The van der Waals surface area contributed by atoms with Crippen LogP contribution in [0, 0.1) is 5.82 Å². The topological polar surface area (TPSA) is 54.3 Å². The molecule has 1 N–H and O–H groups in total. The Kier molecular flexibility index (Phi) is 7.70. The van der Waals surface area contributed by atoms with E-state index in [1.54, 1.807) is 25.3 Å². The molecule has 0 amide bonds. The van der Waals surface area contributed by atoms with E-state index in [0.29, 0.717) is 43.8 Å². The van der Waals surface area contributed by atoms with E-state index in [9.17, 15) is 9.50 Å². The summed E-state index contributed by atoms with van der Waals surface area (Å²) < 4.78 is 19.5. The number of hydrogen-bond acceptors (Lipinski definition) is 5. The van der Waals surface area contributed by atoms with E-state index < -0.39 is 6.10 Å². The first kappa shape index (κ1) is 23.0. The van der Waals surface area contributed by atoms with E-state index in [1.165, 1.54) is 6.07 Å². The lowest BCUT2D eigenvalue weighted by Gasteiger charge is -2.27. The second-order valence-electron chi connectivity index (χ2n) is 8.34. The van der Waals surface area contributed by atoms with Gasteiger partial charge in [-0.05, 0) is 35.7 Å². The summed E-state index contributed by atoms with van der Waals surface area (Å²) in [5.41, 5.74) is 3.26. The molecule has 2 atom stereocenters. The molecule has 0 saturated carbocycles. The Balaban J connectivity index is 1.43. The van der Waals surface area contributed by atoms with Gasteiger partial charge < -0.3 is 14.7 Å². The molecule has 5 nitrogen and oxygen atoms in total. The van der Waals surface area contributed by atoms with Crippen LogP contribution in [0.25, 0.3) is 0 Å². The van der Waals surface area contributed by atoms with Crippen molar-refractivity contribution in [2.75, 3.05) is 20.2 Å². The molecule has 1 aliphatic rings. The van der Waals surface area contributed by atoms with Crippen molar-refractivity contribution >= 4 is 5.71 Å². The molecule has 3 aromatic carbocycles. The van der Waals surface area contributed by atoms with Gasteiger partial charge >= 0.3 is 0 Å². The Labute approximate surface area is 194 Å². The Morgan fingerprint density at radius 2 is 1.82 bits per heavy atom. The molecule has 33 heavy (non-hydrogen) atoms. The number of halogens is 1. The fourth-order valence-corrected chi connectivity index (χ4v) is 4.15. The van der Waals surface area contributed by atoms with Gasteiger partial charge in [0.05, 0.1) is 18.9 Å². The molecule has 0 saturated heterocycles. The Bertz CT molecular complexity index is 1070. The summed E-state index contributed by atoms with van der Waals surface area (Å²) in [6.07, 6.45) is 0.336. The van der Waals surface area contributed by atoms with Crippen molar-refractivity contribution in [3.8, 4) is 5.75 Å². The van der Waals surface area contributed by atoms with Gasteiger partial charge in [0.25, 0.3) is 0 Å². The van der Waals surface area contributed by atoms with Crippen LogP contribution in [0.5, 0.6) is 5.75 Å². The van der Waals surface area contributed by atoms with Crippen molar-refractivity contribution in [3.05, 3.63) is 101 Å². The molecular weight excluding hydrogens is 419 g/mol. The summed E-state index contributed by atoms with van der Waals surface area (Å²) in [5.74, 6) is 0.492. The summed E-state index contributed by atoms with van der Waals surface area (Å²) in [5, 5.41) is 15.0. The van der Waals surface area contributed by atoms with E-state index >= 15 is 0 Å². The smallest absolute Gasteiger partial charge is 0.145 e. The molecule has 6 heteroatoms. The van der Waals surface area contributed by atoms with E-state index in [2.05, 4.69) is 10.1 Å². The number of oxime groups is 1. The Morgan fingerprint density at radius 3 is 2.61 bits per heavy atom. The first-order valence-electron chi connectivity index (χ1n) is 11.2. The molecule has 0 radical (unpaired) electrons. The Hall–Kier alpha value is -3.22. The van der Waals surface area contributed by atoms with Crippen LogP contribution in [0.1, 0.15) is 23.1 Å². The van der Waals surface area contributed by atoms with Crippen molar-refractivity contribution in [1.82, 2.24) is 4.90 Å². The maximum atomic E-state index is 14.2. The molecule has 0 aromatic heterocycles. The van der Waals surface area contributed by atoms with Gasteiger partial charge in [-0.3, -0.25) is 4.90 Å². The van der Waals surface area contributed by atoms with Crippen LogP contribution >= 0.6 is 0 Å². The maximum Gasteiger partial charge on any atom is 0.145 e. The van der Waals surface area contributed by atoms with Crippen molar-refractivity contribution in [2.45, 2.75) is 31.6 Å². The molecule has 1 heterocycles. The summed E-state index contributed by atoms with van der Waals surface area (Å²) >= 11 is 0. The zero-order valence-electron chi connectivity index (χ0n) is 18.7. The predicted molar refractivity (Wildman–Crippen MR) is 127 cm³/mol. The third kappa shape index (κ3) is 6.40. The van der Waals surface area contributed by atoms with E-state index in [-0.39, 0.29) is 11.9 Å². The van der Waals surface area contributed by atoms with Crippen molar-refractivity contribution in [1.29, 1.82) is 0 Å². The monoisotopic (exact) mass is 448 g/mol. The normalized spacial score (nSPS) is 16.4. The first-order chi connectivity index (χ1) is 16.1. The fraction of sp³-hybridized carbons (Fsp3) is 0.296. The van der Waals surface area contributed by atoms with E-state index in [1.807, 2.05) is 54.6 Å². The SMILES string of the molecule is COc1cccc(CN(C[C@H](O)Cc2ccccc2)C[C@H]2CC(c3ccccc3F)=NO2)c1. The minimum atomic E-state index is -0.536. The van der Waals surface area contributed by atoms with Gasteiger partial charge in [-0.25, -0.2) is 4.39 Å². The number of rotatable bonds is 10. The predicted octanol–water partition coefficient (Wildman–Crippen LogP) is 4.43. The van der Waals surface area contributed by atoms with Crippen LogP contribution in [0.2, 0.25) is 0 Å². The standard InChI is InChI=1S/C27H29FN2O3/c1-32-23-11-7-10-21(15-23)17-30(18-22(31)14-20-8-3-2-4-9-20)19-24-16-27(29-33-24)25-12-5-6-13-26(25)28/h2-13,15,22,24,31H,14,16-19H2,1H3/t22-,24-/m1/s1. The summed E-state index contributed by atoms with van der Waals surface area (Å²) in [6.45, 7) is 1.66. The van der Waals surface area contributed by atoms with Gasteiger partial charge in [0.1, 0.15) is 17.7 Å². The molecular formula is C27H29FN2O3. The van der Waals surface area contributed by atoms with Crippen LogP contribution in [0.15, 0.2) is 84.0 Å². The van der Waals surface area contributed by atoms with Gasteiger partial charge in [-0.2, -0.15) is 0 Å². The van der Waals surface area contributed by atoms with Gasteiger partial charge in [0.2, 0.25) is 0 Å². The zero-order chi connectivity index (χ0) is 23.0. The van der Waals surface area contributed by atoms with Gasteiger partial charge in [-0.15, -0.1) is 0 Å². The highest BCUT2D eigenvalue weighted by Gasteiger charge is 2.27. The number of aliphatic hydroxyl groups excluding tert-OH is 1. The molecule has 0 aliphatic carbocycles. The molecule has 4 rings (SSSR count). The van der Waals surface area contributed by atoms with Crippen molar-refractivity contribution in [3.63, 3.8) is 0 Å². The second-order valence-corrected chi connectivity index (χ2v) is 8.34. The molecule has 172 valence electrons. The van der Waals surface area contributed by atoms with Crippen LogP contribution in [-0.4, -0.2) is 48.1 Å². The highest BCUT2D eigenvalue weighted by atomic mass is 19.1. The highest BCUT2D eigenvalue weighted by molar-refractivity contribution is 6.01. The van der Waals surface area contributed by atoms with Gasteiger partial charge in [0, 0.05) is 31.6 Å². The van der Waals surface area contributed by atoms with Gasteiger partial charge in [0.15, 0.2) is 0 Å². The minimum Gasteiger partial charge on any atom is -0.497 e. The molecule has 3 aromatic rings. The average Bonchev–Trinajstić information content (AvgIpc) is 3.28. The minimum absolute atomic E-state index is 0.214. The number of methoxy groups -OCH3 is 1. The molecule has 0 spiro atoms. The van der Waals surface area contributed by atoms with Crippen LogP contribution in [0.4, 0.5) is 4.39 Å². The highest BCUT2D eigenvalue weighted by Crippen LogP contribution is 2.21. The van der Waals surface area contributed by atoms with Gasteiger partial charge in [-0.1, -0.05) is 65.8 Å². The number of nitrogens with zero attached hydrogens (tertiary/aromatic N) is 2.